The first kappa shape index (κ1) is 13.4. The van der Waals surface area contributed by atoms with Crippen molar-refractivity contribution >= 4 is 19.7 Å². The third-order valence-corrected chi connectivity index (χ3v) is 6.56. The maximum Gasteiger partial charge on any atom is 0.178 e. The lowest BCUT2D eigenvalue weighted by molar-refractivity contribution is -0.113. The largest absolute Gasteiger partial charge is 0.324 e. The molecule has 0 bridgehead atoms. The Morgan fingerprint density at radius 3 is 2.62 bits per heavy atom. The Bertz CT molecular complexity index is 287. The first-order valence-corrected chi connectivity index (χ1v) is 9.49. The van der Waals surface area contributed by atoms with Crippen molar-refractivity contribution in [1.82, 2.24) is 4.67 Å². The van der Waals surface area contributed by atoms with Crippen LogP contribution < -0.4 is 0 Å². The highest BCUT2D eigenvalue weighted by atomic mass is 28.3. The van der Waals surface area contributed by atoms with Gasteiger partial charge in [-0.05, 0) is 25.8 Å². The number of rotatable bonds is 4. The second kappa shape index (κ2) is 5.62. The van der Waals surface area contributed by atoms with Gasteiger partial charge in [0.1, 0.15) is 0 Å². The van der Waals surface area contributed by atoms with Crippen molar-refractivity contribution in [2.45, 2.75) is 58.7 Å². The smallest absolute Gasteiger partial charge is 0.178 e. The molecule has 3 nitrogen and oxygen atoms in total. The number of carbonyl (C=O) groups excluding carboxylic acids is 1. The zero-order valence-corrected chi connectivity index (χ0v) is 12.0. The molecule has 0 atom stereocenters. The molecule has 0 aliphatic carbocycles. The summed E-state index contributed by atoms with van der Waals surface area (Å²) in [4.78, 5) is 11.7. The molecule has 1 saturated heterocycles. The normalized spacial score (nSPS) is 21.0. The Balaban J connectivity index is 2.69. The van der Waals surface area contributed by atoms with Gasteiger partial charge in [-0.15, -0.1) is 0 Å². The highest BCUT2D eigenvalue weighted by Gasteiger charge is 2.31. The summed E-state index contributed by atoms with van der Waals surface area (Å²) >= 11 is 0. The molecule has 16 heavy (non-hydrogen) atoms. The van der Waals surface area contributed by atoms with Gasteiger partial charge in [-0.3, -0.25) is 4.79 Å². The number of hydrogen-bond donors (Lipinski definition) is 0. The Morgan fingerprint density at radius 2 is 2.06 bits per heavy atom. The van der Waals surface area contributed by atoms with Crippen LogP contribution in [0.3, 0.4) is 0 Å². The lowest BCUT2D eigenvalue weighted by atomic mass is 10.2. The highest BCUT2D eigenvalue weighted by Crippen LogP contribution is 2.25. The summed E-state index contributed by atoms with van der Waals surface area (Å²) in [5.74, 6) is 0.206. The molecular formula is C12H24N2OSi. The van der Waals surface area contributed by atoms with E-state index in [9.17, 15) is 4.79 Å². The zero-order valence-electron chi connectivity index (χ0n) is 11.0. The molecule has 0 unspecified atom stereocenters. The number of carbonyl (C=O) groups is 1. The van der Waals surface area contributed by atoms with Crippen molar-refractivity contribution < 1.29 is 4.79 Å². The lowest BCUT2D eigenvalue weighted by Gasteiger charge is -2.38. The summed E-state index contributed by atoms with van der Waals surface area (Å²) in [6.07, 6.45) is 4.08. The van der Waals surface area contributed by atoms with Gasteiger partial charge in [0.2, 0.25) is 0 Å². The van der Waals surface area contributed by atoms with Gasteiger partial charge in [0.15, 0.2) is 14.0 Å². The molecule has 0 aromatic rings. The third-order valence-electron chi connectivity index (χ3n) is 3.26. The molecule has 1 fully saturated rings. The molecule has 0 aromatic carbocycles. The SMILES string of the molecule is CCCC(=O)C(C)=NN1CCCC[Si]1(C)C. The van der Waals surface area contributed by atoms with Gasteiger partial charge < -0.3 is 4.67 Å². The van der Waals surface area contributed by atoms with Crippen molar-refractivity contribution in [1.29, 1.82) is 0 Å². The van der Waals surface area contributed by atoms with E-state index in [1.54, 1.807) is 0 Å². The molecule has 0 amide bonds. The minimum atomic E-state index is -1.36. The maximum atomic E-state index is 11.7. The monoisotopic (exact) mass is 240 g/mol. The average molecular weight is 240 g/mol. The van der Waals surface area contributed by atoms with Gasteiger partial charge in [-0.2, -0.15) is 5.10 Å². The van der Waals surface area contributed by atoms with E-state index in [1.807, 2.05) is 13.8 Å². The molecule has 0 N–H and O–H groups in total. The quantitative estimate of drug-likeness (QED) is 0.559. The van der Waals surface area contributed by atoms with Crippen LogP contribution in [0.15, 0.2) is 5.10 Å². The third kappa shape index (κ3) is 3.44. The fourth-order valence-electron chi connectivity index (χ4n) is 2.08. The molecule has 0 spiro atoms. The second-order valence-corrected chi connectivity index (χ2v) is 9.89. The number of Topliss-reactive ketones (excluding diaryl/α,β-unsaturated/α-hetero) is 1. The Kier molecular flexibility index (Phi) is 4.71. The second-order valence-electron chi connectivity index (χ2n) is 5.25. The predicted molar refractivity (Wildman–Crippen MR) is 71.3 cm³/mol. The molecule has 1 rings (SSSR count). The topological polar surface area (TPSA) is 32.7 Å². The molecule has 1 aliphatic rings. The molecule has 4 heteroatoms. The molecule has 1 aliphatic heterocycles. The predicted octanol–water partition coefficient (Wildman–Crippen LogP) is 3.03. The van der Waals surface area contributed by atoms with Gasteiger partial charge in [0.05, 0.1) is 5.71 Å². The van der Waals surface area contributed by atoms with Gasteiger partial charge in [0.25, 0.3) is 0 Å². The number of hydrazone groups is 1. The van der Waals surface area contributed by atoms with E-state index in [4.69, 9.17) is 0 Å². The number of nitrogens with zero attached hydrogens (tertiary/aromatic N) is 2. The minimum absolute atomic E-state index is 0.206. The molecule has 0 saturated carbocycles. The summed E-state index contributed by atoms with van der Waals surface area (Å²) < 4.78 is 2.24. The maximum absolute atomic E-state index is 11.7. The van der Waals surface area contributed by atoms with Crippen molar-refractivity contribution in [3.8, 4) is 0 Å². The van der Waals surface area contributed by atoms with Crippen molar-refractivity contribution in [3.05, 3.63) is 0 Å². The van der Waals surface area contributed by atoms with Gasteiger partial charge in [-0.1, -0.05) is 26.4 Å². The van der Waals surface area contributed by atoms with Crippen molar-refractivity contribution in [2.24, 2.45) is 5.10 Å². The molecule has 92 valence electrons. The van der Waals surface area contributed by atoms with Crippen LogP contribution in [0.2, 0.25) is 19.1 Å². The van der Waals surface area contributed by atoms with Crippen LogP contribution in [-0.4, -0.2) is 30.9 Å². The Labute approximate surface area is 100.0 Å². The number of ketones is 1. The van der Waals surface area contributed by atoms with E-state index in [1.165, 1.54) is 18.9 Å². The summed E-state index contributed by atoms with van der Waals surface area (Å²) in [5, 5.41) is 4.57. The van der Waals surface area contributed by atoms with E-state index in [0.717, 1.165) is 13.0 Å². The van der Waals surface area contributed by atoms with Crippen LogP contribution in [0, 0.1) is 0 Å². The van der Waals surface area contributed by atoms with Gasteiger partial charge >= 0.3 is 0 Å². The standard InChI is InChI=1S/C12H24N2OSi/c1-5-8-12(15)11(2)13-14-9-6-7-10-16(14,3)4/h5-10H2,1-4H3. The summed E-state index contributed by atoms with van der Waals surface area (Å²) in [7, 11) is -1.36. The van der Waals surface area contributed by atoms with Crippen molar-refractivity contribution in [3.63, 3.8) is 0 Å². The van der Waals surface area contributed by atoms with Gasteiger partial charge in [0, 0.05) is 13.0 Å². The summed E-state index contributed by atoms with van der Waals surface area (Å²) in [6.45, 7) is 9.61. The van der Waals surface area contributed by atoms with Crippen molar-refractivity contribution in [2.75, 3.05) is 6.54 Å². The molecule has 0 aromatic heterocycles. The van der Waals surface area contributed by atoms with Crippen LogP contribution in [0.5, 0.6) is 0 Å². The average Bonchev–Trinajstić information content (AvgIpc) is 2.21. The minimum Gasteiger partial charge on any atom is -0.324 e. The summed E-state index contributed by atoms with van der Waals surface area (Å²) in [5.41, 5.74) is 0.698. The molecule has 0 radical (unpaired) electrons. The van der Waals surface area contributed by atoms with Crippen LogP contribution in [0.1, 0.15) is 39.5 Å². The number of hydrogen-bond acceptors (Lipinski definition) is 3. The van der Waals surface area contributed by atoms with Crippen LogP contribution in [0.25, 0.3) is 0 Å². The zero-order chi connectivity index (χ0) is 12.2. The first-order valence-electron chi connectivity index (χ1n) is 6.33. The van der Waals surface area contributed by atoms with E-state index in [0.29, 0.717) is 12.1 Å². The highest BCUT2D eigenvalue weighted by molar-refractivity contribution is 6.74. The van der Waals surface area contributed by atoms with Crippen LogP contribution in [-0.2, 0) is 4.79 Å². The van der Waals surface area contributed by atoms with E-state index < -0.39 is 8.24 Å². The van der Waals surface area contributed by atoms with Crippen LogP contribution >= 0.6 is 0 Å². The van der Waals surface area contributed by atoms with Crippen LogP contribution in [0.4, 0.5) is 0 Å². The fraction of sp³-hybridized carbons (Fsp3) is 0.833. The Hall–Kier alpha value is -0.643. The van der Waals surface area contributed by atoms with E-state index in [2.05, 4.69) is 22.9 Å². The molecular weight excluding hydrogens is 216 g/mol. The van der Waals surface area contributed by atoms with E-state index >= 15 is 0 Å². The summed E-state index contributed by atoms with van der Waals surface area (Å²) in [6, 6.07) is 1.30. The van der Waals surface area contributed by atoms with Gasteiger partial charge in [-0.25, -0.2) is 0 Å². The first-order chi connectivity index (χ1) is 7.47. The lowest BCUT2D eigenvalue weighted by Crippen LogP contribution is -2.49. The Morgan fingerprint density at radius 1 is 1.38 bits per heavy atom. The molecule has 1 heterocycles. The van der Waals surface area contributed by atoms with E-state index in [-0.39, 0.29) is 5.78 Å². The fourth-order valence-corrected chi connectivity index (χ4v) is 4.64.